The Kier molecular flexibility index (Phi) is 4.11. The van der Waals surface area contributed by atoms with Crippen molar-refractivity contribution in [3.8, 4) is 17.1 Å². The minimum Gasteiger partial charge on any atom is -0.354 e. The lowest BCUT2D eigenvalue weighted by Crippen LogP contribution is -1.97. The summed E-state index contributed by atoms with van der Waals surface area (Å²) in [5, 5.41) is 3.59. The third-order valence-electron chi connectivity index (χ3n) is 6.86. The molecule has 0 aliphatic rings. The van der Waals surface area contributed by atoms with E-state index < -0.39 is 0 Å². The van der Waals surface area contributed by atoms with Gasteiger partial charge in [-0.3, -0.25) is 0 Å². The van der Waals surface area contributed by atoms with Crippen LogP contribution < -0.4 is 0 Å². The minimum absolute atomic E-state index is 0.858. The second kappa shape index (κ2) is 7.34. The Morgan fingerprint density at radius 2 is 1.46 bits per heavy atom. The first-order chi connectivity index (χ1) is 17.2. The number of hydrogen-bond donors (Lipinski definition) is 2. The molecule has 4 nitrogen and oxygen atoms in total. The SMILES string of the molecule is C=Cc1c(C=C)n(-c2ccc(-c3nc4cc5[nH]c6ccccc6c5cc4[nH]3)cc2)c2ccccc12. The number of benzene rings is 4. The smallest absolute Gasteiger partial charge is 0.138 e. The van der Waals surface area contributed by atoms with Gasteiger partial charge in [0, 0.05) is 44.0 Å². The quantitative estimate of drug-likeness (QED) is 0.280. The van der Waals surface area contributed by atoms with Gasteiger partial charge < -0.3 is 14.5 Å². The zero-order chi connectivity index (χ0) is 23.5. The van der Waals surface area contributed by atoms with Gasteiger partial charge in [0.25, 0.3) is 0 Å². The lowest BCUT2D eigenvalue weighted by Gasteiger charge is -2.10. The first kappa shape index (κ1) is 19.6. The van der Waals surface area contributed by atoms with Crippen molar-refractivity contribution in [1.29, 1.82) is 0 Å². The Labute approximate surface area is 201 Å². The third-order valence-corrected chi connectivity index (χ3v) is 6.86. The molecule has 0 spiro atoms. The fourth-order valence-electron chi connectivity index (χ4n) is 5.24. The molecule has 166 valence electrons. The number of aromatic nitrogens is 4. The molecular formula is C31H22N4. The van der Waals surface area contributed by atoms with Gasteiger partial charge in [-0.1, -0.05) is 55.6 Å². The van der Waals surface area contributed by atoms with Crippen molar-refractivity contribution in [3.05, 3.63) is 109 Å². The van der Waals surface area contributed by atoms with Crippen molar-refractivity contribution in [2.24, 2.45) is 0 Å². The topological polar surface area (TPSA) is 49.4 Å². The van der Waals surface area contributed by atoms with E-state index in [0.717, 1.165) is 55.9 Å². The van der Waals surface area contributed by atoms with Crippen molar-refractivity contribution >= 4 is 55.9 Å². The van der Waals surface area contributed by atoms with Gasteiger partial charge in [0.1, 0.15) is 5.82 Å². The second-order valence-electron chi connectivity index (χ2n) is 8.78. The van der Waals surface area contributed by atoms with E-state index in [1.165, 1.54) is 16.2 Å². The maximum atomic E-state index is 4.89. The molecule has 0 saturated carbocycles. The lowest BCUT2D eigenvalue weighted by molar-refractivity contribution is 1.11. The first-order valence-electron chi connectivity index (χ1n) is 11.6. The number of para-hydroxylation sites is 2. The van der Waals surface area contributed by atoms with E-state index in [0.29, 0.717) is 0 Å². The minimum atomic E-state index is 0.858. The average molecular weight is 451 g/mol. The lowest BCUT2D eigenvalue weighted by atomic mass is 10.1. The Balaban J connectivity index is 1.33. The summed E-state index contributed by atoms with van der Waals surface area (Å²) in [6.07, 6.45) is 3.80. The van der Waals surface area contributed by atoms with Gasteiger partial charge in [0.05, 0.1) is 22.2 Å². The molecular weight excluding hydrogens is 428 g/mol. The molecule has 7 aromatic rings. The Morgan fingerprint density at radius 1 is 0.686 bits per heavy atom. The molecule has 0 atom stereocenters. The van der Waals surface area contributed by atoms with Crippen LogP contribution in [0.15, 0.2) is 98.1 Å². The summed E-state index contributed by atoms with van der Waals surface area (Å²) < 4.78 is 2.23. The van der Waals surface area contributed by atoms with Gasteiger partial charge in [-0.2, -0.15) is 0 Å². The predicted octanol–water partition coefficient (Wildman–Crippen LogP) is 8.09. The molecule has 0 aliphatic heterocycles. The van der Waals surface area contributed by atoms with Gasteiger partial charge in [-0.25, -0.2) is 4.98 Å². The van der Waals surface area contributed by atoms with Crippen LogP contribution in [0.5, 0.6) is 0 Å². The fraction of sp³-hybridized carbons (Fsp3) is 0. The van der Waals surface area contributed by atoms with E-state index in [1.807, 2.05) is 12.2 Å². The van der Waals surface area contributed by atoms with Crippen molar-refractivity contribution in [1.82, 2.24) is 19.5 Å². The van der Waals surface area contributed by atoms with E-state index >= 15 is 0 Å². The Hall–Kier alpha value is -4.83. The van der Waals surface area contributed by atoms with Crippen LogP contribution in [-0.2, 0) is 0 Å². The van der Waals surface area contributed by atoms with Crippen LogP contribution in [-0.4, -0.2) is 19.5 Å². The molecule has 0 bridgehead atoms. The zero-order valence-corrected chi connectivity index (χ0v) is 19.0. The van der Waals surface area contributed by atoms with Crippen LogP contribution in [0.4, 0.5) is 0 Å². The molecule has 0 unspecified atom stereocenters. The fourth-order valence-corrected chi connectivity index (χ4v) is 5.24. The molecule has 2 N–H and O–H groups in total. The van der Waals surface area contributed by atoms with Gasteiger partial charge in [-0.15, -0.1) is 0 Å². The van der Waals surface area contributed by atoms with Crippen LogP contribution in [0.3, 0.4) is 0 Å². The van der Waals surface area contributed by atoms with Gasteiger partial charge >= 0.3 is 0 Å². The van der Waals surface area contributed by atoms with Crippen molar-refractivity contribution in [2.75, 3.05) is 0 Å². The maximum Gasteiger partial charge on any atom is 0.138 e. The van der Waals surface area contributed by atoms with Crippen LogP contribution in [0.2, 0.25) is 0 Å². The predicted molar refractivity (Wildman–Crippen MR) is 148 cm³/mol. The van der Waals surface area contributed by atoms with Crippen LogP contribution in [0.1, 0.15) is 11.3 Å². The largest absolute Gasteiger partial charge is 0.354 e. The molecule has 4 heteroatoms. The van der Waals surface area contributed by atoms with E-state index in [-0.39, 0.29) is 0 Å². The summed E-state index contributed by atoms with van der Waals surface area (Å²) in [7, 11) is 0. The first-order valence-corrected chi connectivity index (χ1v) is 11.6. The molecule has 35 heavy (non-hydrogen) atoms. The summed E-state index contributed by atoms with van der Waals surface area (Å²) in [4.78, 5) is 11.9. The summed E-state index contributed by atoms with van der Waals surface area (Å²) in [5.41, 5.74) is 9.61. The standard InChI is InChI=1S/C31H22N4/c1-3-21-23-10-6-8-12-30(23)35(29(21)4-2)20-15-13-19(14-16-20)31-33-27-17-24-22-9-5-7-11-25(22)32-26(24)18-28(27)34-31/h3-18,32H,1-2H2,(H,33,34). The summed E-state index contributed by atoms with van der Waals surface area (Å²) >= 11 is 0. The molecule has 0 aliphatic carbocycles. The summed E-state index contributed by atoms with van der Waals surface area (Å²) in [5.74, 6) is 0.858. The second-order valence-corrected chi connectivity index (χ2v) is 8.78. The summed E-state index contributed by atoms with van der Waals surface area (Å²) in [6, 6.07) is 29.6. The van der Waals surface area contributed by atoms with Crippen molar-refractivity contribution in [2.45, 2.75) is 0 Å². The highest BCUT2D eigenvalue weighted by atomic mass is 15.0. The Bertz CT molecular complexity index is 1930. The number of nitrogens with zero attached hydrogens (tertiary/aromatic N) is 2. The highest BCUT2D eigenvalue weighted by molar-refractivity contribution is 6.11. The number of imidazole rings is 1. The number of hydrogen-bond acceptors (Lipinski definition) is 1. The molecule has 7 rings (SSSR count). The average Bonchev–Trinajstić information content (AvgIpc) is 3.57. The number of fused-ring (bicyclic) bond motifs is 5. The highest BCUT2D eigenvalue weighted by Gasteiger charge is 2.15. The van der Waals surface area contributed by atoms with Crippen LogP contribution in [0, 0.1) is 0 Å². The molecule has 3 aromatic heterocycles. The molecule has 0 amide bonds. The van der Waals surface area contributed by atoms with Gasteiger partial charge in [0.15, 0.2) is 0 Å². The molecule has 4 aromatic carbocycles. The van der Waals surface area contributed by atoms with Crippen molar-refractivity contribution in [3.63, 3.8) is 0 Å². The normalized spacial score (nSPS) is 11.7. The van der Waals surface area contributed by atoms with Gasteiger partial charge in [0.2, 0.25) is 0 Å². The molecule has 3 heterocycles. The molecule has 0 fully saturated rings. The van der Waals surface area contributed by atoms with Gasteiger partial charge in [-0.05, 0) is 54.6 Å². The Morgan fingerprint density at radius 3 is 2.26 bits per heavy atom. The maximum absolute atomic E-state index is 4.89. The van der Waals surface area contributed by atoms with Crippen LogP contribution in [0.25, 0.3) is 73.0 Å². The summed E-state index contributed by atoms with van der Waals surface area (Å²) in [6.45, 7) is 8.09. The van der Waals surface area contributed by atoms with E-state index in [9.17, 15) is 0 Å². The van der Waals surface area contributed by atoms with E-state index in [2.05, 4.69) is 113 Å². The number of aromatic amines is 2. The van der Waals surface area contributed by atoms with E-state index in [4.69, 9.17) is 4.98 Å². The number of nitrogens with one attached hydrogen (secondary N) is 2. The van der Waals surface area contributed by atoms with Crippen molar-refractivity contribution < 1.29 is 0 Å². The third kappa shape index (κ3) is 2.83. The highest BCUT2D eigenvalue weighted by Crippen LogP contribution is 2.33. The number of H-pyrrole nitrogens is 2. The number of rotatable bonds is 4. The van der Waals surface area contributed by atoms with Crippen LogP contribution >= 0.6 is 0 Å². The van der Waals surface area contributed by atoms with E-state index in [1.54, 1.807) is 0 Å². The zero-order valence-electron chi connectivity index (χ0n) is 19.0. The monoisotopic (exact) mass is 450 g/mol. The molecule has 0 saturated heterocycles. The molecule has 0 radical (unpaired) electrons.